The van der Waals surface area contributed by atoms with E-state index in [2.05, 4.69) is 36.4 Å². The van der Waals surface area contributed by atoms with Gasteiger partial charge in [0.15, 0.2) is 5.82 Å². The Kier molecular flexibility index (Phi) is 15.7. The van der Waals surface area contributed by atoms with E-state index in [0.717, 1.165) is 35.1 Å². The number of alkyl carbamates (subject to hydrolysis) is 1. The van der Waals surface area contributed by atoms with Crippen molar-refractivity contribution in [2.75, 3.05) is 11.9 Å². The maximum atomic E-state index is 14.0. The first-order valence-electron chi connectivity index (χ1n) is 21.5. The molecule has 5 N–H and O–H groups in total. The molecule has 1 fully saturated rings. The number of amides is 4. The first-order valence-corrected chi connectivity index (χ1v) is 21.5. The summed E-state index contributed by atoms with van der Waals surface area (Å²) < 4.78 is 10.8. The third-order valence-corrected chi connectivity index (χ3v) is 10.3. The van der Waals surface area contributed by atoms with Gasteiger partial charge in [0, 0.05) is 48.2 Å². The molecule has 1 heterocycles. The maximum absolute atomic E-state index is 14.0. The lowest BCUT2D eigenvalue weighted by Gasteiger charge is -2.29. The summed E-state index contributed by atoms with van der Waals surface area (Å²) in [7, 11) is 0. The van der Waals surface area contributed by atoms with Gasteiger partial charge < -0.3 is 30.7 Å². The highest BCUT2D eigenvalue weighted by Gasteiger charge is 2.30. The van der Waals surface area contributed by atoms with Crippen LogP contribution >= 0.6 is 0 Å². The second-order valence-corrected chi connectivity index (χ2v) is 18.5. The van der Waals surface area contributed by atoms with Crippen LogP contribution in [0.5, 0.6) is 0 Å². The van der Waals surface area contributed by atoms with Gasteiger partial charge in [0.05, 0.1) is 6.42 Å². The van der Waals surface area contributed by atoms with E-state index in [9.17, 15) is 24.0 Å². The molecule has 1 saturated carbocycles. The lowest BCUT2D eigenvalue weighted by atomic mass is 9.81. The zero-order chi connectivity index (χ0) is 45.2. The summed E-state index contributed by atoms with van der Waals surface area (Å²) in [4.78, 5) is 69.3. The Bertz CT molecular complexity index is 2180. The van der Waals surface area contributed by atoms with E-state index in [1.165, 1.54) is 0 Å². The van der Waals surface area contributed by atoms with Crippen LogP contribution in [0.25, 0.3) is 22.5 Å². The zero-order valence-corrected chi connectivity index (χ0v) is 37.6. The van der Waals surface area contributed by atoms with Crippen molar-refractivity contribution in [3.63, 3.8) is 0 Å². The Morgan fingerprint density at radius 3 is 2.06 bits per heavy atom. The molecule has 14 nitrogen and oxygen atoms in total. The Morgan fingerprint density at radius 2 is 1.45 bits per heavy atom. The van der Waals surface area contributed by atoms with E-state index < -0.39 is 23.3 Å². The van der Waals surface area contributed by atoms with E-state index in [4.69, 9.17) is 9.47 Å². The largest absolute Gasteiger partial charge is 0.460 e. The molecule has 332 valence electrons. The average Bonchev–Trinajstić information content (AvgIpc) is 3.67. The van der Waals surface area contributed by atoms with Gasteiger partial charge >= 0.3 is 12.1 Å². The fourth-order valence-electron chi connectivity index (χ4n) is 7.28. The third kappa shape index (κ3) is 14.6. The van der Waals surface area contributed by atoms with Crippen LogP contribution in [0.3, 0.4) is 0 Å². The number of rotatable bonds is 15. The minimum absolute atomic E-state index is 0.0328. The van der Waals surface area contributed by atoms with E-state index in [1.807, 2.05) is 105 Å². The second-order valence-electron chi connectivity index (χ2n) is 18.5. The molecule has 1 atom stereocenters. The SMILES string of the molecule is Cc1cc(C(=O)NC(C)C)ccc1-c1ccc(C[C@H](NC(=O)C2CCC(CNC(=O)OC(C)(C)C)CC2)C(=O)Nc2ccc(-c3n[nH]c(CCC(=O)OC(C)(C)C)n3)cc2)cc1. The number of benzene rings is 3. The molecule has 4 amide bonds. The molecule has 0 bridgehead atoms. The molecule has 0 unspecified atom stereocenters. The van der Waals surface area contributed by atoms with Crippen LogP contribution in [0.4, 0.5) is 10.5 Å². The van der Waals surface area contributed by atoms with E-state index in [-0.39, 0.29) is 54.4 Å². The molecular weight excluding hydrogens is 787 g/mol. The molecule has 4 aromatic rings. The minimum atomic E-state index is -0.874. The Balaban J connectivity index is 1.25. The third-order valence-electron chi connectivity index (χ3n) is 10.3. The van der Waals surface area contributed by atoms with Crippen LogP contribution in [0.2, 0.25) is 0 Å². The van der Waals surface area contributed by atoms with Crippen molar-refractivity contribution in [2.24, 2.45) is 11.8 Å². The summed E-state index contributed by atoms with van der Waals surface area (Å²) in [5.74, 6) is -0.0106. The number of carbonyl (C=O) groups is 5. The summed E-state index contributed by atoms with van der Waals surface area (Å²) in [6.07, 6.45) is 3.12. The summed E-state index contributed by atoms with van der Waals surface area (Å²) in [6.45, 7) is 17.2. The Hall–Kier alpha value is -6.05. The van der Waals surface area contributed by atoms with Crippen LogP contribution < -0.4 is 21.3 Å². The summed E-state index contributed by atoms with van der Waals surface area (Å²) in [5, 5.41) is 19.0. The Morgan fingerprint density at radius 1 is 0.806 bits per heavy atom. The lowest BCUT2D eigenvalue weighted by Crippen LogP contribution is -2.48. The number of carbonyl (C=O) groups excluding carboxylic acids is 5. The summed E-state index contributed by atoms with van der Waals surface area (Å²) >= 11 is 0. The van der Waals surface area contributed by atoms with Crippen LogP contribution in [0.1, 0.15) is 115 Å². The fourth-order valence-corrected chi connectivity index (χ4v) is 7.28. The van der Waals surface area contributed by atoms with Crippen LogP contribution in [-0.2, 0) is 36.7 Å². The topological polar surface area (TPSA) is 194 Å². The van der Waals surface area contributed by atoms with E-state index in [0.29, 0.717) is 54.3 Å². The van der Waals surface area contributed by atoms with Gasteiger partial charge in [-0.15, -0.1) is 0 Å². The van der Waals surface area contributed by atoms with Crippen molar-refractivity contribution in [2.45, 2.75) is 131 Å². The molecule has 1 aliphatic rings. The van der Waals surface area contributed by atoms with E-state index >= 15 is 0 Å². The zero-order valence-electron chi connectivity index (χ0n) is 37.6. The molecule has 62 heavy (non-hydrogen) atoms. The normalized spacial score (nSPS) is 15.9. The monoisotopic (exact) mass is 849 g/mol. The summed E-state index contributed by atoms with van der Waals surface area (Å²) in [5.41, 5.74) is 4.48. The number of ether oxygens (including phenoxy) is 2. The van der Waals surface area contributed by atoms with Gasteiger partial charge in [-0.05, 0) is 153 Å². The van der Waals surface area contributed by atoms with Crippen molar-refractivity contribution in [1.29, 1.82) is 0 Å². The molecular formula is C48H63N7O7. The molecule has 5 rings (SSSR count). The molecule has 0 saturated heterocycles. The molecule has 0 aliphatic heterocycles. The van der Waals surface area contributed by atoms with Crippen molar-refractivity contribution in [3.8, 4) is 22.5 Å². The lowest BCUT2D eigenvalue weighted by molar-refractivity contribution is -0.154. The number of nitrogens with zero attached hydrogens (tertiary/aromatic N) is 2. The van der Waals surface area contributed by atoms with E-state index in [1.54, 1.807) is 24.3 Å². The van der Waals surface area contributed by atoms with Crippen molar-refractivity contribution in [3.05, 3.63) is 89.2 Å². The van der Waals surface area contributed by atoms with Crippen LogP contribution in [0, 0.1) is 18.8 Å². The summed E-state index contributed by atoms with van der Waals surface area (Å²) in [6, 6.07) is 19.8. The number of hydrogen-bond donors (Lipinski definition) is 5. The predicted molar refractivity (Wildman–Crippen MR) is 239 cm³/mol. The second kappa shape index (κ2) is 20.7. The fraction of sp³-hybridized carbons (Fsp3) is 0.479. The highest BCUT2D eigenvalue weighted by Crippen LogP contribution is 2.30. The highest BCUT2D eigenvalue weighted by atomic mass is 16.6. The van der Waals surface area contributed by atoms with Gasteiger partial charge in [0.2, 0.25) is 11.8 Å². The van der Waals surface area contributed by atoms with Crippen LogP contribution in [-0.4, -0.2) is 74.8 Å². The average molecular weight is 850 g/mol. The number of esters is 1. The smallest absolute Gasteiger partial charge is 0.407 e. The maximum Gasteiger partial charge on any atom is 0.407 e. The predicted octanol–water partition coefficient (Wildman–Crippen LogP) is 7.86. The first kappa shape index (κ1) is 47.0. The standard InChI is InChI=1S/C48H63N7O7/c1-29(2)50-44(58)36-20-23-38(30(3)26-36)33-14-10-31(11-15-33)27-39(52-43(57)35-16-12-32(13-17-35)28-49-46(60)62-48(7,8)9)45(59)51-37-21-18-34(19-22-37)42-53-40(54-55-42)24-25-41(56)61-47(4,5)6/h10-11,14-15,18-23,26,29,32,35,39H,12-13,16-17,24-25,27-28H2,1-9H3,(H,49,60)(H,50,58)(H,51,59)(H,52,57)(H,53,54,55)/t32?,35?,39-/m0/s1. The van der Waals surface area contributed by atoms with Gasteiger partial charge in [-0.25, -0.2) is 9.78 Å². The molecule has 0 spiro atoms. The van der Waals surface area contributed by atoms with Crippen molar-refractivity contribution in [1.82, 2.24) is 31.1 Å². The molecule has 1 aromatic heterocycles. The van der Waals surface area contributed by atoms with Crippen LogP contribution in [0.15, 0.2) is 66.7 Å². The number of aryl methyl sites for hydroxylation is 2. The van der Waals surface area contributed by atoms with Gasteiger partial charge in [0.1, 0.15) is 23.1 Å². The quantitative estimate of drug-likeness (QED) is 0.0741. The van der Waals surface area contributed by atoms with Gasteiger partial charge in [-0.3, -0.25) is 24.3 Å². The van der Waals surface area contributed by atoms with Crippen molar-refractivity contribution >= 4 is 35.5 Å². The van der Waals surface area contributed by atoms with Gasteiger partial charge in [0.25, 0.3) is 5.91 Å². The first-order chi connectivity index (χ1) is 29.2. The number of anilines is 1. The number of aromatic nitrogens is 3. The number of hydrogen-bond acceptors (Lipinski definition) is 9. The molecule has 0 radical (unpaired) electrons. The molecule has 3 aromatic carbocycles. The Labute approximate surface area is 365 Å². The number of nitrogens with one attached hydrogen (secondary N) is 5. The van der Waals surface area contributed by atoms with Gasteiger partial charge in [-0.1, -0.05) is 30.3 Å². The number of aromatic amines is 1. The van der Waals surface area contributed by atoms with Gasteiger partial charge in [-0.2, -0.15) is 5.10 Å². The minimum Gasteiger partial charge on any atom is -0.460 e. The number of H-pyrrole nitrogens is 1. The molecule has 1 aliphatic carbocycles. The molecule has 14 heteroatoms. The van der Waals surface area contributed by atoms with Crippen molar-refractivity contribution < 1.29 is 33.4 Å². The highest BCUT2D eigenvalue weighted by molar-refractivity contribution is 5.98.